The van der Waals surface area contributed by atoms with Crippen LogP contribution in [0.3, 0.4) is 0 Å². The minimum absolute atomic E-state index is 0. The zero-order valence-electron chi connectivity index (χ0n) is 16.1. The zero-order chi connectivity index (χ0) is 18.8. The third-order valence-corrected chi connectivity index (χ3v) is 4.21. The number of hydrogen-bond acceptors (Lipinski definition) is 3. The molecule has 1 aromatic carbocycles. The van der Waals surface area contributed by atoms with Gasteiger partial charge in [0.15, 0.2) is 5.96 Å². The number of carbonyl (C=O) groups is 2. The van der Waals surface area contributed by atoms with Gasteiger partial charge in [0.2, 0.25) is 11.8 Å². The van der Waals surface area contributed by atoms with Crippen LogP contribution in [0.2, 0.25) is 0 Å². The summed E-state index contributed by atoms with van der Waals surface area (Å²) in [5, 5.41) is 8.90. The molecule has 0 atom stereocenters. The average Bonchev–Trinajstić information content (AvgIpc) is 3.18. The largest absolute Gasteiger partial charge is 0.357 e. The monoisotopic (exact) mass is 487 g/mol. The maximum absolute atomic E-state index is 12.1. The second-order valence-corrected chi connectivity index (χ2v) is 6.24. The fourth-order valence-corrected chi connectivity index (χ4v) is 2.80. The predicted octanol–water partition coefficient (Wildman–Crippen LogP) is 1.98. The Kier molecular flexibility index (Phi) is 10.8. The lowest BCUT2D eigenvalue weighted by Crippen LogP contribution is -2.44. The van der Waals surface area contributed by atoms with E-state index in [1.807, 2.05) is 36.1 Å². The molecular formula is C19H30IN5O2. The van der Waals surface area contributed by atoms with Gasteiger partial charge in [-0.05, 0) is 43.9 Å². The minimum Gasteiger partial charge on any atom is -0.357 e. The molecule has 1 aliphatic heterocycles. The number of guanidine groups is 1. The lowest BCUT2D eigenvalue weighted by Gasteiger charge is -2.17. The van der Waals surface area contributed by atoms with E-state index in [2.05, 4.69) is 27.9 Å². The molecule has 0 aromatic heterocycles. The molecule has 1 fully saturated rings. The number of halogens is 1. The van der Waals surface area contributed by atoms with Crippen LogP contribution < -0.4 is 16.0 Å². The average molecular weight is 487 g/mol. The Bertz CT molecular complexity index is 645. The molecule has 2 rings (SSSR count). The number of hydrogen-bond donors (Lipinski definition) is 3. The first-order valence-corrected chi connectivity index (χ1v) is 9.31. The van der Waals surface area contributed by atoms with Gasteiger partial charge in [-0.1, -0.05) is 19.1 Å². The standard InChI is InChI=1S/C19H29N5O2.HI/c1-3-15-8-7-9-16(12-15)23-17(25)13-21-19(20-4-2)22-14-18(26)24-10-5-6-11-24;/h7-9,12H,3-6,10-11,13-14H2,1-2H3,(H,23,25)(H2,20,21,22);1H. The van der Waals surface area contributed by atoms with Crippen molar-refractivity contribution >= 4 is 47.4 Å². The van der Waals surface area contributed by atoms with E-state index in [0.717, 1.165) is 38.0 Å². The van der Waals surface area contributed by atoms with E-state index >= 15 is 0 Å². The van der Waals surface area contributed by atoms with E-state index in [4.69, 9.17) is 0 Å². The fraction of sp³-hybridized carbons (Fsp3) is 0.526. The van der Waals surface area contributed by atoms with E-state index in [0.29, 0.717) is 12.5 Å². The van der Waals surface area contributed by atoms with Crippen molar-refractivity contribution in [3.8, 4) is 0 Å². The van der Waals surface area contributed by atoms with E-state index in [9.17, 15) is 9.59 Å². The highest BCUT2D eigenvalue weighted by Crippen LogP contribution is 2.11. The molecule has 3 N–H and O–H groups in total. The molecule has 0 aliphatic carbocycles. The molecule has 1 aliphatic rings. The van der Waals surface area contributed by atoms with Gasteiger partial charge in [0.1, 0.15) is 6.54 Å². The van der Waals surface area contributed by atoms with Crippen molar-refractivity contribution < 1.29 is 9.59 Å². The van der Waals surface area contributed by atoms with Gasteiger partial charge in [-0.3, -0.25) is 9.59 Å². The van der Waals surface area contributed by atoms with Crippen LogP contribution in [-0.2, 0) is 16.0 Å². The maximum atomic E-state index is 12.1. The molecule has 27 heavy (non-hydrogen) atoms. The number of rotatable bonds is 7. The van der Waals surface area contributed by atoms with Crippen molar-refractivity contribution in [2.24, 2.45) is 4.99 Å². The summed E-state index contributed by atoms with van der Waals surface area (Å²) in [6.45, 7) is 6.50. The smallest absolute Gasteiger partial charge is 0.246 e. The Hall–Kier alpha value is -1.84. The summed E-state index contributed by atoms with van der Waals surface area (Å²) in [6.07, 6.45) is 3.06. The lowest BCUT2D eigenvalue weighted by atomic mass is 10.1. The van der Waals surface area contributed by atoms with Crippen molar-refractivity contribution in [1.29, 1.82) is 0 Å². The number of aliphatic imine (C=N–C) groups is 1. The summed E-state index contributed by atoms with van der Waals surface area (Å²) < 4.78 is 0. The summed E-state index contributed by atoms with van der Waals surface area (Å²) >= 11 is 0. The number of anilines is 1. The first-order valence-electron chi connectivity index (χ1n) is 9.31. The number of benzene rings is 1. The highest BCUT2D eigenvalue weighted by atomic mass is 127. The molecule has 1 saturated heterocycles. The quantitative estimate of drug-likeness (QED) is 0.312. The van der Waals surface area contributed by atoms with Crippen molar-refractivity contribution in [2.75, 3.05) is 38.0 Å². The van der Waals surface area contributed by atoms with E-state index in [1.165, 1.54) is 5.56 Å². The van der Waals surface area contributed by atoms with Crippen LogP contribution >= 0.6 is 24.0 Å². The van der Waals surface area contributed by atoms with E-state index < -0.39 is 0 Å². The summed E-state index contributed by atoms with van der Waals surface area (Å²) in [4.78, 5) is 30.3. The molecule has 0 saturated carbocycles. The molecule has 150 valence electrons. The first kappa shape index (κ1) is 23.2. The number of carbonyl (C=O) groups excluding carboxylic acids is 2. The Labute approximate surface area is 178 Å². The van der Waals surface area contributed by atoms with Gasteiger partial charge in [-0.2, -0.15) is 0 Å². The second-order valence-electron chi connectivity index (χ2n) is 6.24. The van der Waals surface area contributed by atoms with Crippen molar-refractivity contribution in [2.45, 2.75) is 33.1 Å². The van der Waals surface area contributed by atoms with Gasteiger partial charge < -0.3 is 20.9 Å². The molecule has 1 aromatic rings. The molecule has 0 spiro atoms. The number of nitrogens with one attached hydrogen (secondary N) is 3. The lowest BCUT2D eigenvalue weighted by molar-refractivity contribution is -0.128. The van der Waals surface area contributed by atoms with Gasteiger partial charge in [0, 0.05) is 25.3 Å². The van der Waals surface area contributed by atoms with Gasteiger partial charge in [-0.15, -0.1) is 24.0 Å². The highest BCUT2D eigenvalue weighted by molar-refractivity contribution is 14.0. The third-order valence-electron chi connectivity index (χ3n) is 4.21. The summed E-state index contributed by atoms with van der Waals surface area (Å²) in [5.41, 5.74) is 1.94. The first-order chi connectivity index (χ1) is 12.6. The molecule has 2 amide bonds. The number of aryl methyl sites for hydroxylation is 1. The van der Waals surface area contributed by atoms with Crippen LogP contribution in [0.5, 0.6) is 0 Å². The van der Waals surface area contributed by atoms with Crippen molar-refractivity contribution in [1.82, 2.24) is 15.5 Å². The van der Waals surface area contributed by atoms with Crippen molar-refractivity contribution in [3.63, 3.8) is 0 Å². The maximum Gasteiger partial charge on any atom is 0.246 e. The summed E-state index contributed by atoms with van der Waals surface area (Å²) in [7, 11) is 0. The van der Waals surface area contributed by atoms with Gasteiger partial charge in [0.25, 0.3) is 0 Å². The molecule has 1 heterocycles. The highest BCUT2D eigenvalue weighted by Gasteiger charge is 2.17. The number of likely N-dealkylation sites (tertiary alicyclic amines) is 1. The molecule has 8 heteroatoms. The minimum atomic E-state index is -0.193. The molecule has 0 bridgehead atoms. The predicted molar refractivity (Wildman–Crippen MR) is 120 cm³/mol. The second kappa shape index (κ2) is 12.5. The van der Waals surface area contributed by atoms with Crippen molar-refractivity contribution in [3.05, 3.63) is 29.8 Å². The molecule has 0 radical (unpaired) electrons. The van der Waals surface area contributed by atoms with Crippen LogP contribution in [0.1, 0.15) is 32.3 Å². The van der Waals surface area contributed by atoms with Crippen LogP contribution in [0.25, 0.3) is 0 Å². The zero-order valence-corrected chi connectivity index (χ0v) is 18.4. The Morgan fingerprint density at radius 3 is 2.56 bits per heavy atom. The fourth-order valence-electron chi connectivity index (χ4n) is 2.80. The Morgan fingerprint density at radius 1 is 1.15 bits per heavy atom. The van der Waals surface area contributed by atoms with Gasteiger partial charge >= 0.3 is 0 Å². The molecule has 7 nitrogen and oxygen atoms in total. The van der Waals surface area contributed by atoms with Crippen LogP contribution in [0, 0.1) is 0 Å². The third kappa shape index (κ3) is 8.15. The molecular weight excluding hydrogens is 457 g/mol. The SMILES string of the molecule is CCNC(=NCC(=O)Nc1cccc(CC)c1)NCC(=O)N1CCCC1.I. The Morgan fingerprint density at radius 2 is 1.89 bits per heavy atom. The van der Waals surface area contributed by atoms with Crippen LogP contribution in [0.4, 0.5) is 5.69 Å². The van der Waals surface area contributed by atoms with E-state index in [1.54, 1.807) is 0 Å². The number of amides is 2. The number of nitrogens with zero attached hydrogens (tertiary/aromatic N) is 2. The Balaban J connectivity index is 0.00000364. The van der Waals surface area contributed by atoms with Crippen LogP contribution in [0.15, 0.2) is 29.3 Å². The molecule has 0 unspecified atom stereocenters. The summed E-state index contributed by atoms with van der Waals surface area (Å²) in [5.74, 6) is 0.341. The summed E-state index contributed by atoms with van der Waals surface area (Å²) in [6, 6.07) is 7.77. The van der Waals surface area contributed by atoms with Crippen LogP contribution in [-0.4, -0.2) is 55.4 Å². The topological polar surface area (TPSA) is 85.8 Å². The van der Waals surface area contributed by atoms with Gasteiger partial charge in [0.05, 0.1) is 6.54 Å². The van der Waals surface area contributed by atoms with E-state index in [-0.39, 0.29) is 48.9 Å². The van der Waals surface area contributed by atoms with Gasteiger partial charge in [-0.25, -0.2) is 4.99 Å². The normalized spacial score (nSPS) is 13.7.